The molecule has 2 unspecified atom stereocenters. The lowest BCUT2D eigenvalue weighted by Crippen LogP contribution is -2.52. The van der Waals surface area contributed by atoms with E-state index < -0.39 is 0 Å². The molecule has 1 aromatic heterocycles. The highest BCUT2D eigenvalue weighted by atomic mass is 16.6. The van der Waals surface area contributed by atoms with Gasteiger partial charge in [-0.3, -0.25) is 0 Å². The molecule has 1 N–H and O–H groups in total. The summed E-state index contributed by atoms with van der Waals surface area (Å²) < 4.78 is 13.6. The third-order valence-electron chi connectivity index (χ3n) is 3.70. The number of imidazole rings is 1. The lowest BCUT2D eigenvalue weighted by Gasteiger charge is -2.40. The molecule has 0 bridgehead atoms. The predicted octanol–water partition coefficient (Wildman–Crippen LogP) is 0.723. The Morgan fingerprint density at radius 2 is 2.53 bits per heavy atom. The molecule has 0 saturated carbocycles. The first-order chi connectivity index (χ1) is 8.34. The maximum atomic E-state index is 6.00. The lowest BCUT2D eigenvalue weighted by molar-refractivity contribution is -0.0997. The molecule has 2 atom stereocenters. The summed E-state index contributed by atoms with van der Waals surface area (Å²) >= 11 is 0. The maximum absolute atomic E-state index is 6.00. The average molecular weight is 237 g/mol. The molecule has 5 nitrogen and oxygen atoms in total. The Labute approximate surface area is 101 Å². The molecule has 2 saturated heterocycles. The van der Waals surface area contributed by atoms with Gasteiger partial charge in [0.15, 0.2) is 0 Å². The summed E-state index contributed by atoms with van der Waals surface area (Å²) in [5.41, 5.74) is 0.864. The molecule has 3 heterocycles. The van der Waals surface area contributed by atoms with Crippen LogP contribution in [0.4, 0.5) is 0 Å². The van der Waals surface area contributed by atoms with Crippen molar-refractivity contribution in [3.63, 3.8) is 0 Å². The second-order valence-electron chi connectivity index (χ2n) is 4.73. The SMILES string of the molecule is CCn1cnc(C2NCCOC23CCOC3)c1. The fourth-order valence-electron chi connectivity index (χ4n) is 2.70. The monoisotopic (exact) mass is 237 g/mol. The van der Waals surface area contributed by atoms with Crippen LogP contribution in [0.5, 0.6) is 0 Å². The number of nitrogens with one attached hydrogen (secondary N) is 1. The number of hydrogen-bond acceptors (Lipinski definition) is 4. The van der Waals surface area contributed by atoms with Gasteiger partial charge in [-0.25, -0.2) is 4.98 Å². The molecule has 0 amide bonds. The standard InChI is InChI=1S/C12H19N3O2/c1-2-15-7-10(14-9-15)11-12(3-5-16-8-12)17-6-4-13-11/h7,9,11,13H,2-6,8H2,1H3. The van der Waals surface area contributed by atoms with Crippen LogP contribution in [0, 0.1) is 0 Å². The maximum Gasteiger partial charge on any atom is 0.115 e. The summed E-state index contributed by atoms with van der Waals surface area (Å²) in [5.74, 6) is 0. The summed E-state index contributed by atoms with van der Waals surface area (Å²) in [6.45, 7) is 6.16. The minimum absolute atomic E-state index is 0.159. The van der Waals surface area contributed by atoms with Gasteiger partial charge in [0, 0.05) is 32.3 Å². The van der Waals surface area contributed by atoms with Crippen LogP contribution in [0.2, 0.25) is 0 Å². The molecule has 17 heavy (non-hydrogen) atoms. The largest absolute Gasteiger partial charge is 0.378 e. The van der Waals surface area contributed by atoms with Gasteiger partial charge < -0.3 is 19.4 Å². The zero-order valence-corrected chi connectivity index (χ0v) is 10.2. The zero-order chi connectivity index (χ0) is 11.7. The number of morpholine rings is 1. The fourth-order valence-corrected chi connectivity index (χ4v) is 2.70. The van der Waals surface area contributed by atoms with Crippen molar-refractivity contribution in [2.45, 2.75) is 31.5 Å². The number of rotatable bonds is 2. The van der Waals surface area contributed by atoms with Crippen LogP contribution in [0.3, 0.4) is 0 Å². The second-order valence-corrected chi connectivity index (χ2v) is 4.73. The Balaban J connectivity index is 1.88. The highest BCUT2D eigenvalue weighted by Gasteiger charge is 2.47. The Morgan fingerprint density at radius 1 is 1.59 bits per heavy atom. The van der Waals surface area contributed by atoms with Crippen LogP contribution in [0.15, 0.2) is 12.5 Å². The van der Waals surface area contributed by atoms with E-state index in [1.54, 1.807) is 0 Å². The minimum atomic E-state index is -0.203. The molecule has 3 rings (SSSR count). The molecule has 2 aliphatic rings. The number of hydrogen-bond donors (Lipinski definition) is 1. The molecule has 94 valence electrons. The van der Waals surface area contributed by atoms with Crippen molar-refractivity contribution in [2.24, 2.45) is 0 Å². The summed E-state index contributed by atoms with van der Waals surface area (Å²) in [6.07, 6.45) is 4.94. The van der Waals surface area contributed by atoms with Crippen LogP contribution in [-0.4, -0.2) is 41.5 Å². The fraction of sp³-hybridized carbons (Fsp3) is 0.750. The van der Waals surface area contributed by atoms with E-state index in [9.17, 15) is 0 Å². The van der Waals surface area contributed by atoms with Crippen LogP contribution in [0.25, 0.3) is 0 Å². The van der Waals surface area contributed by atoms with Gasteiger partial charge in [0.1, 0.15) is 5.60 Å². The van der Waals surface area contributed by atoms with Crippen LogP contribution in [-0.2, 0) is 16.0 Å². The van der Waals surface area contributed by atoms with Crippen LogP contribution < -0.4 is 5.32 Å². The van der Waals surface area contributed by atoms with Gasteiger partial charge in [0.2, 0.25) is 0 Å². The highest BCUT2D eigenvalue weighted by molar-refractivity contribution is 5.14. The van der Waals surface area contributed by atoms with Gasteiger partial charge in [0.05, 0.1) is 31.3 Å². The van der Waals surface area contributed by atoms with E-state index in [2.05, 4.69) is 28.0 Å². The van der Waals surface area contributed by atoms with Crippen molar-refractivity contribution >= 4 is 0 Å². The Bertz CT molecular complexity index is 385. The third-order valence-corrected chi connectivity index (χ3v) is 3.70. The first kappa shape index (κ1) is 11.2. The van der Waals surface area contributed by atoms with E-state index >= 15 is 0 Å². The van der Waals surface area contributed by atoms with Crippen molar-refractivity contribution in [3.8, 4) is 0 Å². The topological polar surface area (TPSA) is 48.3 Å². The predicted molar refractivity (Wildman–Crippen MR) is 62.8 cm³/mol. The van der Waals surface area contributed by atoms with Crippen molar-refractivity contribution in [1.29, 1.82) is 0 Å². The molecule has 5 heteroatoms. The molecule has 2 aliphatic heterocycles. The lowest BCUT2D eigenvalue weighted by atomic mass is 9.89. The molecule has 2 fully saturated rings. The smallest absolute Gasteiger partial charge is 0.115 e. The van der Waals surface area contributed by atoms with Crippen molar-refractivity contribution in [1.82, 2.24) is 14.9 Å². The number of nitrogens with zero attached hydrogens (tertiary/aromatic N) is 2. The Hall–Kier alpha value is -0.910. The van der Waals surface area contributed by atoms with E-state index in [-0.39, 0.29) is 11.6 Å². The zero-order valence-electron chi connectivity index (χ0n) is 10.2. The van der Waals surface area contributed by atoms with Gasteiger partial charge in [-0.2, -0.15) is 0 Å². The van der Waals surface area contributed by atoms with E-state index in [4.69, 9.17) is 9.47 Å². The Kier molecular flexibility index (Phi) is 2.90. The molecule has 1 spiro atoms. The van der Waals surface area contributed by atoms with E-state index in [0.717, 1.165) is 38.4 Å². The summed E-state index contributed by atoms with van der Waals surface area (Å²) in [5, 5.41) is 3.52. The van der Waals surface area contributed by atoms with Crippen molar-refractivity contribution < 1.29 is 9.47 Å². The summed E-state index contributed by atoms with van der Waals surface area (Å²) in [7, 11) is 0. The molecular formula is C12H19N3O2. The molecule has 0 aromatic carbocycles. The van der Waals surface area contributed by atoms with Crippen molar-refractivity contribution in [3.05, 3.63) is 18.2 Å². The summed E-state index contributed by atoms with van der Waals surface area (Å²) in [4.78, 5) is 4.49. The number of aryl methyl sites for hydroxylation is 1. The molecule has 1 aromatic rings. The van der Waals surface area contributed by atoms with Crippen LogP contribution >= 0.6 is 0 Å². The van der Waals surface area contributed by atoms with E-state index in [1.165, 1.54) is 0 Å². The van der Waals surface area contributed by atoms with Gasteiger partial charge >= 0.3 is 0 Å². The molecule has 0 aliphatic carbocycles. The number of ether oxygens (including phenoxy) is 2. The van der Waals surface area contributed by atoms with E-state index in [0.29, 0.717) is 6.61 Å². The van der Waals surface area contributed by atoms with Crippen molar-refractivity contribution in [2.75, 3.05) is 26.4 Å². The molecule has 0 radical (unpaired) electrons. The number of aromatic nitrogens is 2. The second kappa shape index (κ2) is 4.40. The molecular weight excluding hydrogens is 218 g/mol. The highest BCUT2D eigenvalue weighted by Crippen LogP contribution is 2.37. The van der Waals surface area contributed by atoms with Gasteiger partial charge in [-0.05, 0) is 6.92 Å². The minimum Gasteiger partial charge on any atom is -0.378 e. The summed E-state index contributed by atoms with van der Waals surface area (Å²) in [6, 6.07) is 0.159. The first-order valence-electron chi connectivity index (χ1n) is 6.31. The average Bonchev–Trinajstić information content (AvgIpc) is 3.00. The third kappa shape index (κ3) is 1.88. The Morgan fingerprint density at radius 3 is 3.24 bits per heavy atom. The first-order valence-corrected chi connectivity index (χ1v) is 6.31. The van der Waals surface area contributed by atoms with Gasteiger partial charge in [-0.1, -0.05) is 0 Å². The van der Waals surface area contributed by atoms with Gasteiger partial charge in [0.25, 0.3) is 0 Å². The van der Waals surface area contributed by atoms with Crippen LogP contribution in [0.1, 0.15) is 25.1 Å². The van der Waals surface area contributed by atoms with Gasteiger partial charge in [-0.15, -0.1) is 0 Å². The van der Waals surface area contributed by atoms with E-state index in [1.807, 2.05) is 6.33 Å². The quantitative estimate of drug-likeness (QED) is 0.823. The normalized spacial score (nSPS) is 33.4.